The fourth-order valence-corrected chi connectivity index (χ4v) is 1.89. The summed E-state index contributed by atoms with van der Waals surface area (Å²) in [6.45, 7) is 10.1. The number of hydrogen-bond acceptors (Lipinski definition) is 4. The van der Waals surface area contributed by atoms with Gasteiger partial charge in [0.2, 0.25) is 0 Å². The van der Waals surface area contributed by atoms with Gasteiger partial charge in [-0.15, -0.1) is 0 Å². The minimum Gasteiger partial charge on any atom is -0.493 e. The first-order valence-corrected chi connectivity index (χ1v) is 7.87. The van der Waals surface area contributed by atoms with Crippen LogP contribution < -0.4 is 10.1 Å². The molecule has 1 aromatic carbocycles. The number of esters is 1. The highest BCUT2D eigenvalue weighted by Gasteiger charge is 2.13. The van der Waals surface area contributed by atoms with Crippen molar-refractivity contribution in [2.75, 3.05) is 13.2 Å². The third-order valence-electron chi connectivity index (χ3n) is 3.11. The maximum Gasteiger partial charge on any atom is 0.309 e. The summed E-state index contributed by atoms with van der Waals surface area (Å²) in [5, 5.41) is 2.65. The number of carbonyl (C=O) groups is 2. The van der Waals surface area contributed by atoms with Crippen molar-refractivity contribution in [3.05, 3.63) is 29.8 Å². The molecule has 0 aliphatic carbocycles. The lowest BCUT2D eigenvalue weighted by Crippen LogP contribution is -2.34. The molecule has 1 rings (SSSR count). The van der Waals surface area contributed by atoms with Gasteiger partial charge in [0, 0.05) is 6.04 Å². The van der Waals surface area contributed by atoms with E-state index in [-0.39, 0.29) is 37.0 Å². The number of hydrogen-bond donors (Lipinski definition) is 1. The lowest BCUT2D eigenvalue weighted by atomic mass is 9.87. The average molecular weight is 321 g/mol. The maximum absolute atomic E-state index is 11.5. The maximum atomic E-state index is 11.5. The fraction of sp³-hybridized carbons (Fsp3) is 0.556. The van der Waals surface area contributed by atoms with Gasteiger partial charge in [-0.3, -0.25) is 9.59 Å². The summed E-state index contributed by atoms with van der Waals surface area (Å²) < 4.78 is 10.4. The Morgan fingerprint density at radius 3 is 2.26 bits per heavy atom. The summed E-state index contributed by atoms with van der Waals surface area (Å²) in [4.78, 5) is 22.9. The van der Waals surface area contributed by atoms with Crippen LogP contribution in [0.2, 0.25) is 0 Å². The lowest BCUT2D eigenvalue weighted by molar-refractivity contribution is -0.149. The van der Waals surface area contributed by atoms with Gasteiger partial charge in [-0.05, 0) is 37.0 Å². The van der Waals surface area contributed by atoms with Crippen LogP contribution in [-0.2, 0) is 19.7 Å². The molecule has 5 nitrogen and oxygen atoms in total. The van der Waals surface area contributed by atoms with Crippen LogP contribution in [0.4, 0.5) is 0 Å². The standard InChI is InChI=1S/C18H27NO4/c1-13(2)19-16(20)12-23-17(21)10-11-22-15-8-6-14(7-9-15)18(3,4)5/h6-9,13H,10-12H2,1-5H3,(H,19,20). The molecule has 1 aromatic rings. The van der Waals surface area contributed by atoms with Crippen molar-refractivity contribution >= 4 is 11.9 Å². The summed E-state index contributed by atoms with van der Waals surface area (Å²) >= 11 is 0. The SMILES string of the molecule is CC(C)NC(=O)COC(=O)CCOc1ccc(C(C)(C)C)cc1. The predicted octanol–water partition coefficient (Wildman–Crippen LogP) is 2.82. The molecular formula is C18H27NO4. The van der Waals surface area contributed by atoms with Gasteiger partial charge in [-0.25, -0.2) is 0 Å². The monoisotopic (exact) mass is 321 g/mol. The Morgan fingerprint density at radius 2 is 1.74 bits per heavy atom. The van der Waals surface area contributed by atoms with Crippen molar-refractivity contribution in [2.45, 2.75) is 52.5 Å². The Bertz CT molecular complexity index is 515. The number of benzene rings is 1. The third kappa shape index (κ3) is 7.68. The molecule has 0 aliphatic heterocycles. The summed E-state index contributed by atoms with van der Waals surface area (Å²) in [6.07, 6.45) is 0.107. The van der Waals surface area contributed by atoms with Crippen LogP contribution in [0.15, 0.2) is 24.3 Å². The van der Waals surface area contributed by atoms with Gasteiger partial charge >= 0.3 is 5.97 Å². The molecule has 0 spiro atoms. The highest BCUT2D eigenvalue weighted by Crippen LogP contribution is 2.24. The molecule has 0 bridgehead atoms. The zero-order valence-electron chi connectivity index (χ0n) is 14.6. The molecule has 5 heteroatoms. The zero-order chi connectivity index (χ0) is 17.5. The summed E-state index contributed by atoms with van der Waals surface area (Å²) in [5.74, 6) is -0.0365. The second-order valence-corrected chi connectivity index (χ2v) is 6.76. The molecule has 0 atom stereocenters. The van der Waals surface area contributed by atoms with Crippen LogP contribution in [0.1, 0.15) is 46.6 Å². The van der Waals surface area contributed by atoms with Crippen LogP contribution in [0, 0.1) is 0 Å². The number of amides is 1. The van der Waals surface area contributed by atoms with Gasteiger partial charge in [-0.2, -0.15) is 0 Å². The van der Waals surface area contributed by atoms with E-state index in [0.29, 0.717) is 5.75 Å². The molecule has 1 amide bonds. The number of ether oxygens (including phenoxy) is 2. The van der Waals surface area contributed by atoms with E-state index in [1.54, 1.807) is 0 Å². The van der Waals surface area contributed by atoms with Gasteiger partial charge in [-0.1, -0.05) is 32.9 Å². The Kier molecular flexibility index (Phi) is 7.07. The van der Waals surface area contributed by atoms with Crippen molar-refractivity contribution < 1.29 is 19.1 Å². The van der Waals surface area contributed by atoms with Crippen LogP contribution >= 0.6 is 0 Å². The minimum atomic E-state index is -0.449. The highest BCUT2D eigenvalue weighted by atomic mass is 16.5. The zero-order valence-corrected chi connectivity index (χ0v) is 14.6. The van der Waals surface area contributed by atoms with Gasteiger partial charge in [0.1, 0.15) is 5.75 Å². The van der Waals surface area contributed by atoms with Gasteiger partial charge in [0.15, 0.2) is 6.61 Å². The number of nitrogens with one attached hydrogen (secondary N) is 1. The lowest BCUT2D eigenvalue weighted by Gasteiger charge is -2.19. The fourth-order valence-electron chi connectivity index (χ4n) is 1.89. The normalized spacial score (nSPS) is 11.2. The summed E-state index contributed by atoms with van der Waals surface area (Å²) in [6, 6.07) is 7.85. The first-order valence-electron chi connectivity index (χ1n) is 7.87. The van der Waals surface area contributed by atoms with E-state index in [0.717, 1.165) is 0 Å². The summed E-state index contributed by atoms with van der Waals surface area (Å²) in [7, 11) is 0. The number of rotatable bonds is 7. The molecule has 0 heterocycles. The molecular weight excluding hydrogens is 294 g/mol. The largest absolute Gasteiger partial charge is 0.493 e. The van der Waals surface area contributed by atoms with Crippen molar-refractivity contribution in [3.8, 4) is 5.75 Å². The van der Waals surface area contributed by atoms with E-state index in [4.69, 9.17) is 9.47 Å². The molecule has 23 heavy (non-hydrogen) atoms. The van der Waals surface area contributed by atoms with E-state index >= 15 is 0 Å². The van der Waals surface area contributed by atoms with E-state index < -0.39 is 5.97 Å². The van der Waals surface area contributed by atoms with Gasteiger partial charge in [0.05, 0.1) is 13.0 Å². The summed E-state index contributed by atoms with van der Waals surface area (Å²) in [5.41, 5.74) is 1.32. The Balaban J connectivity index is 2.28. The second kappa shape index (κ2) is 8.56. The van der Waals surface area contributed by atoms with E-state index in [2.05, 4.69) is 26.1 Å². The van der Waals surface area contributed by atoms with Crippen molar-refractivity contribution in [2.24, 2.45) is 0 Å². The van der Waals surface area contributed by atoms with Gasteiger partial charge < -0.3 is 14.8 Å². The van der Waals surface area contributed by atoms with Crippen LogP contribution in [0.5, 0.6) is 5.75 Å². The van der Waals surface area contributed by atoms with E-state index in [1.807, 2.05) is 38.1 Å². The second-order valence-electron chi connectivity index (χ2n) is 6.76. The molecule has 0 radical (unpaired) electrons. The smallest absolute Gasteiger partial charge is 0.309 e. The molecule has 0 saturated carbocycles. The molecule has 1 N–H and O–H groups in total. The molecule has 0 unspecified atom stereocenters. The molecule has 0 aliphatic rings. The Labute approximate surface area is 138 Å². The third-order valence-corrected chi connectivity index (χ3v) is 3.11. The van der Waals surface area contributed by atoms with E-state index in [1.165, 1.54) is 5.56 Å². The highest BCUT2D eigenvalue weighted by molar-refractivity contribution is 5.80. The van der Waals surface area contributed by atoms with Crippen molar-refractivity contribution in [1.29, 1.82) is 0 Å². The van der Waals surface area contributed by atoms with Crippen LogP contribution in [0.3, 0.4) is 0 Å². The molecule has 128 valence electrons. The van der Waals surface area contributed by atoms with Gasteiger partial charge in [0.25, 0.3) is 5.91 Å². The number of carbonyl (C=O) groups excluding carboxylic acids is 2. The molecule has 0 fully saturated rings. The first-order chi connectivity index (χ1) is 10.7. The predicted molar refractivity (Wildman–Crippen MR) is 89.5 cm³/mol. The van der Waals surface area contributed by atoms with Crippen LogP contribution in [0.25, 0.3) is 0 Å². The minimum absolute atomic E-state index is 0.0283. The average Bonchev–Trinajstić information content (AvgIpc) is 2.44. The Hall–Kier alpha value is -2.04. The van der Waals surface area contributed by atoms with Crippen molar-refractivity contribution in [3.63, 3.8) is 0 Å². The molecule has 0 saturated heterocycles. The Morgan fingerprint density at radius 1 is 1.13 bits per heavy atom. The van der Waals surface area contributed by atoms with Crippen LogP contribution in [-0.4, -0.2) is 31.1 Å². The van der Waals surface area contributed by atoms with Crippen molar-refractivity contribution in [1.82, 2.24) is 5.32 Å². The topological polar surface area (TPSA) is 64.6 Å². The molecule has 0 aromatic heterocycles. The quantitative estimate of drug-likeness (QED) is 0.784. The van der Waals surface area contributed by atoms with E-state index in [9.17, 15) is 9.59 Å². The first kappa shape index (κ1) is 19.0.